The molecule has 0 bridgehead atoms. The average Bonchev–Trinajstić information content (AvgIpc) is 3.20. The molecule has 8 nitrogen and oxygen atoms in total. The number of methoxy groups -OCH3 is 1. The Labute approximate surface area is 183 Å². The number of rotatable bonds is 9. The van der Waals surface area contributed by atoms with Crippen molar-refractivity contribution in [2.45, 2.75) is 19.9 Å². The predicted octanol–water partition coefficient (Wildman–Crippen LogP) is 2.80. The standard InChI is InChI=1S/C23H30N6O2/c1-17-22(16-24-5-3-9-30-2)28-23(27-17)21-13-18(4-6-26-21)19-12-20(15-25-14-19)29-7-10-31-11-8-29/h4,6,12-15,24H,3,5,7-11,16H2,1-2H3,(H,27,28). The Morgan fingerprint density at radius 2 is 2.06 bits per heavy atom. The van der Waals surface area contributed by atoms with Gasteiger partial charge in [-0.05, 0) is 43.7 Å². The largest absolute Gasteiger partial charge is 0.385 e. The van der Waals surface area contributed by atoms with E-state index >= 15 is 0 Å². The number of anilines is 1. The first-order chi connectivity index (χ1) is 15.2. The van der Waals surface area contributed by atoms with E-state index in [1.807, 2.05) is 31.6 Å². The molecule has 31 heavy (non-hydrogen) atoms. The molecule has 8 heteroatoms. The van der Waals surface area contributed by atoms with Crippen LogP contribution in [0.5, 0.6) is 0 Å². The first-order valence-electron chi connectivity index (χ1n) is 10.7. The molecule has 4 rings (SSSR count). The number of aryl methyl sites for hydroxylation is 1. The quantitative estimate of drug-likeness (QED) is 0.513. The molecule has 0 amide bonds. The second kappa shape index (κ2) is 10.5. The van der Waals surface area contributed by atoms with Crippen LogP contribution < -0.4 is 10.2 Å². The zero-order valence-corrected chi connectivity index (χ0v) is 18.2. The van der Waals surface area contributed by atoms with E-state index in [4.69, 9.17) is 14.5 Å². The van der Waals surface area contributed by atoms with Crippen molar-refractivity contribution in [1.29, 1.82) is 0 Å². The van der Waals surface area contributed by atoms with Crippen molar-refractivity contribution in [3.8, 4) is 22.6 Å². The number of nitrogens with zero attached hydrogens (tertiary/aromatic N) is 4. The monoisotopic (exact) mass is 422 g/mol. The number of H-pyrrole nitrogens is 1. The summed E-state index contributed by atoms with van der Waals surface area (Å²) in [7, 11) is 1.72. The number of pyridine rings is 2. The number of hydrogen-bond donors (Lipinski definition) is 2. The first-order valence-corrected chi connectivity index (χ1v) is 10.7. The molecule has 3 aromatic heterocycles. The van der Waals surface area contributed by atoms with Gasteiger partial charge in [-0.2, -0.15) is 0 Å². The molecule has 1 aliphatic rings. The summed E-state index contributed by atoms with van der Waals surface area (Å²) in [5.74, 6) is 0.783. The van der Waals surface area contributed by atoms with Crippen molar-refractivity contribution in [2.75, 3.05) is 51.5 Å². The van der Waals surface area contributed by atoms with Crippen molar-refractivity contribution in [1.82, 2.24) is 25.3 Å². The molecule has 3 aromatic rings. The van der Waals surface area contributed by atoms with Gasteiger partial charge in [0, 0.05) is 57.0 Å². The molecule has 0 radical (unpaired) electrons. The van der Waals surface area contributed by atoms with Crippen molar-refractivity contribution < 1.29 is 9.47 Å². The van der Waals surface area contributed by atoms with Crippen molar-refractivity contribution in [2.24, 2.45) is 0 Å². The lowest BCUT2D eigenvalue weighted by atomic mass is 10.1. The number of aromatic amines is 1. The first kappa shape index (κ1) is 21.4. The highest BCUT2D eigenvalue weighted by atomic mass is 16.5. The SMILES string of the molecule is COCCCNCc1nc(-c2cc(-c3cncc(N4CCOCC4)c3)ccn2)[nH]c1C. The fourth-order valence-corrected chi connectivity index (χ4v) is 3.66. The van der Waals surface area contributed by atoms with Gasteiger partial charge in [-0.1, -0.05) is 0 Å². The maximum Gasteiger partial charge on any atom is 0.156 e. The Bertz CT molecular complexity index is 984. The smallest absolute Gasteiger partial charge is 0.156 e. The van der Waals surface area contributed by atoms with Crippen LogP contribution in [0.15, 0.2) is 36.8 Å². The number of aromatic nitrogens is 4. The molecule has 1 fully saturated rings. The average molecular weight is 423 g/mol. The Morgan fingerprint density at radius 1 is 1.19 bits per heavy atom. The van der Waals surface area contributed by atoms with Crippen molar-refractivity contribution >= 4 is 5.69 Å². The Balaban J connectivity index is 1.49. The summed E-state index contributed by atoms with van der Waals surface area (Å²) in [6.45, 7) is 7.71. The zero-order chi connectivity index (χ0) is 21.5. The summed E-state index contributed by atoms with van der Waals surface area (Å²) >= 11 is 0. The second-order valence-corrected chi connectivity index (χ2v) is 7.64. The molecular formula is C23H30N6O2. The van der Waals surface area contributed by atoms with E-state index in [9.17, 15) is 0 Å². The highest BCUT2D eigenvalue weighted by Crippen LogP contribution is 2.26. The minimum absolute atomic E-state index is 0.719. The van der Waals surface area contributed by atoms with Crippen LogP contribution >= 0.6 is 0 Å². The molecule has 0 aromatic carbocycles. The number of nitrogens with one attached hydrogen (secondary N) is 2. The summed E-state index contributed by atoms with van der Waals surface area (Å²) < 4.78 is 10.5. The molecule has 164 valence electrons. The summed E-state index contributed by atoms with van der Waals surface area (Å²) in [5, 5.41) is 3.41. The van der Waals surface area contributed by atoms with Crippen LogP contribution in [0.25, 0.3) is 22.6 Å². The number of morpholine rings is 1. The molecule has 0 spiro atoms. The third-order valence-corrected chi connectivity index (χ3v) is 5.42. The van der Waals surface area contributed by atoms with E-state index in [0.29, 0.717) is 0 Å². The van der Waals surface area contributed by atoms with E-state index in [1.165, 1.54) is 0 Å². The van der Waals surface area contributed by atoms with Gasteiger partial charge in [0.05, 0.1) is 30.8 Å². The second-order valence-electron chi connectivity index (χ2n) is 7.64. The van der Waals surface area contributed by atoms with Gasteiger partial charge >= 0.3 is 0 Å². The zero-order valence-electron chi connectivity index (χ0n) is 18.2. The van der Waals surface area contributed by atoms with Gasteiger partial charge in [-0.3, -0.25) is 9.97 Å². The van der Waals surface area contributed by atoms with Crippen LogP contribution in [0, 0.1) is 6.92 Å². The number of ether oxygens (including phenoxy) is 2. The maximum absolute atomic E-state index is 5.46. The lowest BCUT2D eigenvalue weighted by Gasteiger charge is -2.28. The van der Waals surface area contributed by atoms with Gasteiger partial charge in [0.25, 0.3) is 0 Å². The Hall–Kier alpha value is -2.81. The minimum Gasteiger partial charge on any atom is -0.385 e. The number of imidazole rings is 1. The van der Waals surface area contributed by atoms with Gasteiger partial charge in [0.2, 0.25) is 0 Å². The van der Waals surface area contributed by atoms with E-state index in [-0.39, 0.29) is 0 Å². The van der Waals surface area contributed by atoms with E-state index < -0.39 is 0 Å². The summed E-state index contributed by atoms with van der Waals surface area (Å²) in [4.78, 5) is 19.5. The highest BCUT2D eigenvalue weighted by molar-refractivity contribution is 5.70. The van der Waals surface area contributed by atoms with Crippen LogP contribution in [0.1, 0.15) is 17.8 Å². The highest BCUT2D eigenvalue weighted by Gasteiger charge is 2.14. The molecule has 0 unspecified atom stereocenters. The normalized spacial score (nSPS) is 14.2. The van der Waals surface area contributed by atoms with Crippen LogP contribution in [0.4, 0.5) is 5.69 Å². The molecule has 0 aliphatic carbocycles. The van der Waals surface area contributed by atoms with E-state index in [2.05, 4.69) is 37.3 Å². The van der Waals surface area contributed by atoms with Gasteiger partial charge < -0.3 is 24.7 Å². The lowest BCUT2D eigenvalue weighted by Crippen LogP contribution is -2.36. The lowest BCUT2D eigenvalue weighted by molar-refractivity contribution is 0.122. The van der Waals surface area contributed by atoms with Gasteiger partial charge in [0.1, 0.15) is 5.69 Å². The molecule has 2 N–H and O–H groups in total. The predicted molar refractivity (Wildman–Crippen MR) is 121 cm³/mol. The van der Waals surface area contributed by atoms with Crippen LogP contribution in [-0.4, -0.2) is 66.5 Å². The van der Waals surface area contributed by atoms with Gasteiger partial charge in [-0.25, -0.2) is 4.98 Å². The Kier molecular flexibility index (Phi) is 7.24. The fraction of sp³-hybridized carbons (Fsp3) is 0.435. The molecule has 1 aliphatic heterocycles. The Morgan fingerprint density at radius 3 is 2.90 bits per heavy atom. The van der Waals surface area contributed by atoms with Crippen molar-refractivity contribution in [3.05, 3.63) is 48.2 Å². The van der Waals surface area contributed by atoms with E-state index in [0.717, 1.165) is 92.1 Å². The van der Waals surface area contributed by atoms with Gasteiger partial charge in [0.15, 0.2) is 5.82 Å². The summed E-state index contributed by atoms with van der Waals surface area (Å²) in [5.41, 5.74) is 6.14. The fourth-order valence-electron chi connectivity index (χ4n) is 3.66. The van der Waals surface area contributed by atoms with Crippen LogP contribution in [0.2, 0.25) is 0 Å². The molecule has 0 atom stereocenters. The molecular weight excluding hydrogens is 392 g/mol. The summed E-state index contributed by atoms with van der Waals surface area (Å²) in [6, 6.07) is 6.26. The van der Waals surface area contributed by atoms with Crippen LogP contribution in [-0.2, 0) is 16.0 Å². The third kappa shape index (κ3) is 5.46. The minimum atomic E-state index is 0.719. The topological polar surface area (TPSA) is 88.2 Å². The van der Waals surface area contributed by atoms with E-state index in [1.54, 1.807) is 7.11 Å². The van der Waals surface area contributed by atoms with Crippen molar-refractivity contribution in [3.63, 3.8) is 0 Å². The summed E-state index contributed by atoms with van der Waals surface area (Å²) in [6.07, 6.45) is 6.62. The molecule has 1 saturated heterocycles. The van der Waals surface area contributed by atoms with Gasteiger partial charge in [-0.15, -0.1) is 0 Å². The molecule has 4 heterocycles. The van der Waals surface area contributed by atoms with Crippen LogP contribution in [0.3, 0.4) is 0 Å². The molecule has 0 saturated carbocycles. The number of hydrogen-bond acceptors (Lipinski definition) is 7. The third-order valence-electron chi connectivity index (χ3n) is 5.42. The maximum atomic E-state index is 5.46.